The van der Waals surface area contributed by atoms with Gasteiger partial charge >= 0.3 is 0 Å². The summed E-state index contributed by atoms with van der Waals surface area (Å²) in [7, 11) is 3.57. The number of rotatable bonds is 3. The average Bonchev–Trinajstić information content (AvgIpc) is 2.46. The van der Waals surface area contributed by atoms with Crippen LogP contribution >= 0.6 is 0 Å². The SMILES string of the molecule is COc1cc(C(=O)N2CCN(C)CC2C)c(F)cc1C(C)C. The Morgan fingerprint density at radius 3 is 2.59 bits per heavy atom. The lowest BCUT2D eigenvalue weighted by molar-refractivity contribution is 0.0528. The van der Waals surface area contributed by atoms with E-state index in [0.717, 1.165) is 18.7 Å². The normalized spacial score (nSPS) is 19.6. The maximum absolute atomic E-state index is 14.4. The van der Waals surface area contributed by atoms with Gasteiger partial charge in [-0.05, 0) is 37.6 Å². The molecule has 0 aliphatic carbocycles. The zero-order valence-corrected chi connectivity index (χ0v) is 14.0. The van der Waals surface area contributed by atoms with E-state index >= 15 is 0 Å². The topological polar surface area (TPSA) is 32.8 Å². The van der Waals surface area contributed by atoms with Crippen molar-refractivity contribution in [1.29, 1.82) is 0 Å². The number of hydrogen-bond donors (Lipinski definition) is 0. The van der Waals surface area contributed by atoms with E-state index in [1.165, 1.54) is 12.1 Å². The molecule has 0 spiro atoms. The molecule has 1 amide bonds. The Balaban J connectivity index is 2.34. The molecule has 0 radical (unpaired) electrons. The van der Waals surface area contributed by atoms with Gasteiger partial charge in [-0.1, -0.05) is 13.8 Å². The third-order valence-corrected chi connectivity index (χ3v) is 4.26. The first-order chi connectivity index (χ1) is 10.3. The summed E-state index contributed by atoms with van der Waals surface area (Å²) < 4.78 is 19.8. The van der Waals surface area contributed by atoms with Gasteiger partial charge in [0.15, 0.2) is 0 Å². The maximum Gasteiger partial charge on any atom is 0.257 e. The van der Waals surface area contributed by atoms with Gasteiger partial charge in [0.05, 0.1) is 12.7 Å². The summed E-state index contributed by atoms with van der Waals surface area (Å²) in [5.74, 6) is -0.0231. The lowest BCUT2D eigenvalue weighted by atomic mass is 9.99. The number of amides is 1. The fraction of sp³-hybridized carbons (Fsp3) is 0.588. The predicted octanol–water partition coefficient (Wildman–Crippen LogP) is 2.73. The molecular weight excluding hydrogens is 283 g/mol. The maximum atomic E-state index is 14.4. The van der Waals surface area contributed by atoms with Gasteiger partial charge in [0.25, 0.3) is 5.91 Å². The minimum absolute atomic E-state index is 0.0708. The van der Waals surface area contributed by atoms with E-state index in [-0.39, 0.29) is 23.4 Å². The number of ether oxygens (including phenoxy) is 1. The van der Waals surface area contributed by atoms with Crippen molar-refractivity contribution in [3.8, 4) is 5.75 Å². The number of halogens is 1. The predicted molar refractivity (Wildman–Crippen MR) is 85.0 cm³/mol. The van der Waals surface area contributed by atoms with E-state index in [0.29, 0.717) is 12.3 Å². The van der Waals surface area contributed by atoms with E-state index in [1.54, 1.807) is 12.0 Å². The molecule has 5 heteroatoms. The zero-order chi connectivity index (χ0) is 16.4. The average molecular weight is 308 g/mol. The van der Waals surface area contributed by atoms with Crippen LogP contribution in [0.5, 0.6) is 5.75 Å². The van der Waals surface area contributed by atoms with Gasteiger partial charge in [0.2, 0.25) is 0 Å². The first-order valence-corrected chi connectivity index (χ1v) is 7.72. The molecule has 1 aliphatic heterocycles. The second-order valence-corrected chi connectivity index (χ2v) is 6.34. The fourth-order valence-electron chi connectivity index (χ4n) is 2.96. The van der Waals surface area contributed by atoms with Crippen LogP contribution in [0, 0.1) is 5.82 Å². The highest BCUT2D eigenvalue weighted by atomic mass is 19.1. The minimum Gasteiger partial charge on any atom is -0.496 e. The molecule has 2 rings (SSSR count). The Hall–Kier alpha value is -1.62. The molecule has 0 aromatic heterocycles. The summed E-state index contributed by atoms with van der Waals surface area (Å²) in [6, 6.07) is 3.04. The molecule has 1 unspecified atom stereocenters. The molecule has 1 aromatic carbocycles. The van der Waals surface area contributed by atoms with Gasteiger partial charge in [0, 0.05) is 25.7 Å². The molecular formula is C17H25FN2O2. The van der Waals surface area contributed by atoms with E-state index in [1.807, 2.05) is 27.8 Å². The molecule has 1 aromatic rings. The third-order valence-electron chi connectivity index (χ3n) is 4.26. The van der Waals surface area contributed by atoms with E-state index in [9.17, 15) is 9.18 Å². The van der Waals surface area contributed by atoms with Crippen molar-refractivity contribution >= 4 is 5.91 Å². The van der Waals surface area contributed by atoms with Gasteiger partial charge in [-0.25, -0.2) is 4.39 Å². The molecule has 0 N–H and O–H groups in total. The summed E-state index contributed by atoms with van der Waals surface area (Å²) >= 11 is 0. The Morgan fingerprint density at radius 1 is 1.36 bits per heavy atom. The Labute approximate surface area is 131 Å². The smallest absolute Gasteiger partial charge is 0.257 e. The number of likely N-dealkylation sites (N-methyl/N-ethyl adjacent to an activating group) is 1. The van der Waals surface area contributed by atoms with Crippen LogP contribution in [-0.4, -0.2) is 55.5 Å². The van der Waals surface area contributed by atoms with Gasteiger partial charge in [0.1, 0.15) is 11.6 Å². The van der Waals surface area contributed by atoms with E-state index < -0.39 is 5.82 Å². The number of hydrogen-bond acceptors (Lipinski definition) is 3. The number of carbonyl (C=O) groups excluding carboxylic acids is 1. The molecule has 1 aliphatic rings. The standard InChI is InChI=1S/C17H25FN2O2/c1-11(2)13-8-15(18)14(9-16(13)22-5)17(21)20-7-6-19(4)10-12(20)3/h8-9,11-12H,6-7,10H2,1-5H3. The largest absolute Gasteiger partial charge is 0.496 e. The monoisotopic (exact) mass is 308 g/mol. The number of piperazine rings is 1. The minimum atomic E-state index is -0.472. The van der Waals surface area contributed by atoms with Crippen molar-refractivity contribution in [1.82, 2.24) is 9.80 Å². The van der Waals surface area contributed by atoms with Crippen molar-refractivity contribution < 1.29 is 13.9 Å². The van der Waals surface area contributed by atoms with Gasteiger partial charge in [-0.15, -0.1) is 0 Å². The van der Waals surface area contributed by atoms with Crippen LogP contribution in [0.3, 0.4) is 0 Å². The summed E-state index contributed by atoms with van der Waals surface area (Å²) in [6.07, 6.45) is 0. The van der Waals surface area contributed by atoms with Gasteiger partial charge < -0.3 is 14.5 Å². The van der Waals surface area contributed by atoms with Gasteiger partial charge in [-0.2, -0.15) is 0 Å². The Kier molecular flexibility index (Phi) is 5.06. The van der Waals surface area contributed by atoms with Crippen molar-refractivity contribution in [2.75, 3.05) is 33.8 Å². The van der Waals surface area contributed by atoms with Crippen LogP contribution in [-0.2, 0) is 0 Å². The van der Waals surface area contributed by atoms with Crippen LogP contribution in [0.25, 0.3) is 0 Å². The summed E-state index contributed by atoms with van der Waals surface area (Å²) in [5, 5.41) is 0. The highest BCUT2D eigenvalue weighted by molar-refractivity contribution is 5.95. The van der Waals surface area contributed by atoms with E-state index in [2.05, 4.69) is 4.90 Å². The Morgan fingerprint density at radius 2 is 2.05 bits per heavy atom. The molecule has 1 fully saturated rings. The Bertz CT molecular complexity index is 560. The third kappa shape index (κ3) is 3.24. The first kappa shape index (κ1) is 16.7. The molecule has 1 atom stereocenters. The number of carbonyl (C=O) groups is 1. The molecule has 122 valence electrons. The van der Waals surface area contributed by atoms with Crippen molar-refractivity contribution in [3.63, 3.8) is 0 Å². The first-order valence-electron chi connectivity index (χ1n) is 7.72. The molecule has 1 heterocycles. The number of nitrogens with zero attached hydrogens (tertiary/aromatic N) is 2. The van der Waals surface area contributed by atoms with Gasteiger partial charge in [-0.3, -0.25) is 4.79 Å². The van der Waals surface area contributed by atoms with Crippen LogP contribution in [0.4, 0.5) is 4.39 Å². The van der Waals surface area contributed by atoms with E-state index in [4.69, 9.17) is 4.74 Å². The number of methoxy groups -OCH3 is 1. The zero-order valence-electron chi connectivity index (χ0n) is 14.0. The molecule has 4 nitrogen and oxygen atoms in total. The van der Waals surface area contributed by atoms with Crippen LogP contribution in [0.1, 0.15) is 42.6 Å². The van der Waals surface area contributed by atoms with Crippen molar-refractivity contribution in [3.05, 3.63) is 29.1 Å². The highest BCUT2D eigenvalue weighted by Crippen LogP contribution is 2.30. The fourth-order valence-corrected chi connectivity index (χ4v) is 2.96. The second-order valence-electron chi connectivity index (χ2n) is 6.34. The second kappa shape index (κ2) is 6.65. The van der Waals surface area contributed by atoms with Crippen LogP contribution in [0.2, 0.25) is 0 Å². The van der Waals surface area contributed by atoms with Crippen LogP contribution in [0.15, 0.2) is 12.1 Å². The van der Waals surface area contributed by atoms with Crippen molar-refractivity contribution in [2.24, 2.45) is 0 Å². The number of benzene rings is 1. The molecule has 1 saturated heterocycles. The summed E-state index contributed by atoms with van der Waals surface area (Å²) in [6.45, 7) is 8.16. The lowest BCUT2D eigenvalue weighted by Crippen LogP contribution is -2.52. The lowest BCUT2D eigenvalue weighted by Gasteiger charge is -2.38. The highest BCUT2D eigenvalue weighted by Gasteiger charge is 2.29. The summed E-state index contributed by atoms with van der Waals surface area (Å²) in [5.41, 5.74) is 0.876. The van der Waals surface area contributed by atoms with Crippen molar-refractivity contribution in [2.45, 2.75) is 32.7 Å². The summed E-state index contributed by atoms with van der Waals surface area (Å²) in [4.78, 5) is 16.6. The molecule has 0 bridgehead atoms. The quantitative estimate of drug-likeness (QED) is 0.861. The van der Waals surface area contributed by atoms with Crippen LogP contribution < -0.4 is 4.74 Å². The molecule has 0 saturated carbocycles. The molecule has 22 heavy (non-hydrogen) atoms.